The van der Waals surface area contributed by atoms with Crippen LogP contribution < -0.4 is 0 Å². The van der Waals surface area contributed by atoms with Gasteiger partial charge in [-0.2, -0.15) is 20.5 Å². The largest absolute Gasteiger partial charge is 0.387 e. The lowest BCUT2D eigenvalue weighted by atomic mass is 10.2. The van der Waals surface area contributed by atoms with Crippen molar-refractivity contribution in [3.05, 3.63) is 28.8 Å². The van der Waals surface area contributed by atoms with Gasteiger partial charge in [0.05, 0.1) is 29.7 Å². The number of aryl methyl sites for hydroxylation is 2. The second-order valence-electron chi connectivity index (χ2n) is 5.55. The van der Waals surface area contributed by atoms with Crippen LogP contribution in [0.5, 0.6) is 0 Å². The molecule has 118 valence electrons. The van der Waals surface area contributed by atoms with Gasteiger partial charge in [-0.3, -0.25) is 9.48 Å². The van der Waals surface area contributed by atoms with E-state index in [1.807, 2.05) is 17.7 Å². The predicted molar refractivity (Wildman–Crippen MR) is 78.0 cm³/mol. The molecule has 0 bridgehead atoms. The number of aromatic amines is 1. The summed E-state index contributed by atoms with van der Waals surface area (Å²) in [6.07, 6.45) is 0.886. The van der Waals surface area contributed by atoms with Crippen molar-refractivity contribution in [2.24, 2.45) is 0 Å². The van der Waals surface area contributed by atoms with Gasteiger partial charge in [-0.25, -0.2) is 0 Å². The van der Waals surface area contributed by atoms with Crippen molar-refractivity contribution in [3.63, 3.8) is 0 Å². The highest BCUT2D eigenvalue weighted by Crippen LogP contribution is 2.20. The molecule has 0 fully saturated rings. The number of aliphatic hydroxyl groups is 1. The molecule has 8 heteroatoms. The number of aliphatic hydroxyl groups excluding tert-OH is 1. The normalized spacial score (nSPS) is 16.2. The first kappa shape index (κ1) is 14.7. The number of H-pyrrole nitrogens is 1. The molecule has 1 aliphatic rings. The lowest BCUT2D eigenvalue weighted by Gasteiger charge is -2.18. The first-order chi connectivity index (χ1) is 10.6. The van der Waals surface area contributed by atoms with Gasteiger partial charge in [-0.15, -0.1) is 0 Å². The van der Waals surface area contributed by atoms with Gasteiger partial charge in [0.2, 0.25) is 0 Å². The Morgan fingerprint density at radius 2 is 2.27 bits per heavy atom. The Balaban J connectivity index is 1.83. The minimum absolute atomic E-state index is 0.126. The fourth-order valence-electron chi connectivity index (χ4n) is 2.67. The summed E-state index contributed by atoms with van der Waals surface area (Å²) in [5, 5.41) is 24.7. The summed E-state index contributed by atoms with van der Waals surface area (Å²) in [7, 11) is 0. The van der Waals surface area contributed by atoms with Gasteiger partial charge in [0.15, 0.2) is 5.69 Å². The van der Waals surface area contributed by atoms with Crippen LogP contribution in [0.3, 0.4) is 0 Å². The second kappa shape index (κ2) is 5.88. The van der Waals surface area contributed by atoms with E-state index in [9.17, 15) is 9.90 Å². The van der Waals surface area contributed by atoms with Crippen molar-refractivity contribution >= 4 is 5.91 Å². The third-order valence-corrected chi connectivity index (χ3v) is 3.97. The standard InChI is InChI=1S/C14H20N6O2/c1-3-12(21)11-7-10-8-19(5-4-6-20(10)17-11)14(22)13-9(2)15-18-16-13/h7,12,21H,3-6,8H2,1-2H3,(H,15,16,18)/t12-/m0/s1. The van der Waals surface area contributed by atoms with E-state index in [0.29, 0.717) is 36.6 Å². The number of hydrogen-bond acceptors (Lipinski definition) is 5. The van der Waals surface area contributed by atoms with E-state index in [1.165, 1.54) is 0 Å². The van der Waals surface area contributed by atoms with E-state index in [0.717, 1.165) is 18.7 Å². The summed E-state index contributed by atoms with van der Waals surface area (Å²) < 4.78 is 1.89. The molecule has 3 rings (SSSR count). The summed E-state index contributed by atoms with van der Waals surface area (Å²) >= 11 is 0. The minimum atomic E-state index is -0.554. The quantitative estimate of drug-likeness (QED) is 0.873. The molecular weight excluding hydrogens is 284 g/mol. The van der Waals surface area contributed by atoms with Crippen LogP contribution in [0.15, 0.2) is 6.07 Å². The summed E-state index contributed by atoms with van der Waals surface area (Å²) in [5.74, 6) is -0.126. The maximum absolute atomic E-state index is 12.6. The number of aromatic nitrogens is 5. The fraction of sp³-hybridized carbons (Fsp3) is 0.571. The van der Waals surface area contributed by atoms with Crippen molar-refractivity contribution in [1.29, 1.82) is 0 Å². The number of nitrogens with zero attached hydrogens (tertiary/aromatic N) is 5. The van der Waals surface area contributed by atoms with Crippen LogP contribution in [0.2, 0.25) is 0 Å². The second-order valence-corrected chi connectivity index (χ2v) is 5.55. The Hall–Kier alpha value is -2.22. The molecule has 1 amide bonds. The molecule has 3 heterocycles. The van der Waals surface area contributed by atoms with Crippen LogP contribution in [-0.2, 0) is 13.1 Å². The SMILES string of the molecule is CC[C@H](O)c1cc2n(n1)CCCN(C(=O)c1n[nH]nc1C)C2. The first-order valence-corrected chi connectivity index (χ1v) is 7.51. The fourth-order valence-corrected chi connectivity index (χ4v) is 2.67. The van der Waals surface area contributed by atoms with Gasteiger partial charge >= 0.3 is 0 Å². The van der Waals surface area contributed by atoms with Gasteiger partial charge < -0.3 is 10.0 Å². The summed E-state index contributed by atoms with van der Waals surface area (Å²) in [6, 6.07) is 1.88. The van der Waals surface area contributed by atoms with Gasteiger partial charge in [-0.05, 0) is 25.8 Å². The molecule has 0 spiro atoms. The molecule has 0 aliphatic carbocycles. The molecule has 2 aromatic heterocycles. The molecule has 1 atom stereocenters. The number of amides is 1. The van der Waals surface area contributed by atoms with Crippen LogP contribution in [0, 0.1) is 6.92 Å². The van der Waals surface area contributed by atoms with Crippen molar-refractivity contribution in [2.45, 2.75) is 45.9 Å². The van der Waals surface area contributed by atoms with E-state index in [4.69, 9.17) is 0 Å². The van der Waals surface area contributed by atoms with E-state index < -0.39 is 6.10 Å². The van der Waals surface area contributed by atoms with Crippen LogP contribution in [0.25, 0.3) is 0 Å². The van der Waals surface area contributed by atoms with Crippen molar-refractivity contribution in [1.82, 2.24) is 30.1 Å². The number of fused-ring (bicyclic) bond motifs is 1. The molecule has 8 nitrogen and oxygen atoms in total. The van der Waals surface area contributed by atoms with Crippen LogP contribution in [-0.4, -0.2) is 47.6 Å². The summed E-state index contributed by atoms with van der Waals surface area (Å²) in [4.78, 5) is 14.3. The Labute approximate surface area is 128 Å². The van der Waals surface area contributed by atoms with Crippen molar-refractivity contribution in [2.75, 3.05) is 6.54 Å². The summed E-state index contributed by atoms with van der Waals surface area (Å²) in [6.45, 7) is 5.54. The number of nitrogens with one attached hydrogen (secondary N) is 1. The van der Waals surface area contributed by atoms with E-state index in [-0.39, 0.29) is 5.91 Å². The number of carbonyl (C=O) groups excluding carboxylic acids is 1. The van der Waals surface area contributed by atoms with Crippen LogP contribution >= 0.6 is 0 Å². The topological polar surface area (TPSA) is 99.9 Å². The molecular formula is C14H20N6O2. The Morgan fingerprint density at radius 1 is 1.45 bits per heavy atom. The summed E-state index contributed by atoms with van der Waals surface area (Å²) in [5.41, 5.74) is 2.57. The highest BCUT2D eigenvalue weighted by molar-refractivity contribution is 5.93. The third-order valence-electron chi connectivity index (χ3n) is 3.97. The van der Waals surface area contributed by atoms with Gasteiger partial charge in [0.1, 0.15) is 0 Å². The molecule has 0 aromatic carbocycles. The minimum Gasteiger partial charge on any atom is -0.387 e. The molecule has 0 saturated carbocycles. The lowest BCUT2D eigenvalue weighted by Crippen LogP contribution is -2.31. The molecule has 2 aromatic rings. The molecule has 0 radical (unpaired) electrons. The van der Waals surface area contributed by atoms with Crippen molar-refractivity contribution in [3.8, 4) is 0 Å². The van der Waals surface area contributed by atoms with E-state index in [2.05, 4.69) is 20.5 Å². The van der Waals surface area contributed by atoms with Gasteiger partial charge in [-0.1, -0.05) is 6.92 Å². The highest BCUT2D eigenvalue weighted by atomic mass is 16.3. The predicted octanol–water partition coefficient (Wildman–Crippen LogP) is 0.799. The lowest BCUT2D eigenvalue weighted by molar-refractivity contribution is 0.0739. The Kier molecular flexibility index (Phi) is 3.93. The van der Waals surface area contributed by atoms with Gasteiger partial charge in [0.25, 0.3) is 5.91 Å². The smallest absolute Gasteiger partial charge is 0.276 e. The number of rotatable bonds is 3. The maximum Gasteiger partial charge on any atom is 0.276 e. The number of hydrogen-bond donors (Lipinski definition) is 2. The van der Waals surface area contributed by atoms with Crippen LogP contribution in [0.1, 0.15) is 53.4 Å². The average molecular weight is 304 g/mol. The first-order valence-electron chi connectivity index (χ1n) is 7.51. The molecule has 0 saturated heterocycles. The molecule has 2 N–H and O–H groups in total. The maximum atomic E-state index is 12.6. The Morgan fingerprint density at radius 3 is 2.95 bits per heavy atom. The van der Waals surface area contributed by atoms with Crippen molar-refractivity contribution < 1.29 is 9.90 Å². The van der Waals surface area contributed by atoms with Crippen LogP contribution in [0.4, 0.5) is 0 Å². The van der Waals surface area contributed by atoms with Gasteiger partial charge in [0, 0.05) is 13.1 Å². The van der Waals surface area contributed by atoms with E-state index in [1.54, 1.807) is 11.8 Å². The monoisotopic (exact) mass is 304 g/mol. The highest BCUT2D eigenvalue weighted by Gasteiger charge is 2.25. The zero-order valence-corrected chi connectivity index (χ0v) is 12.8. The molecule has 22 heavy (non-hydrogen) atoms. The average Bonchev–Trinajstić information content (AvgIpc) is 3.06. The zero-order valence-electron chi connectivity index (χ0n) is 12.8. The third kappa shape index (κ3) is 2.61. The Bertz CT molecular complexity index is 677. The molecule has 1 aliphatic heterocycles. The number of carbonyl (C=O) groups is 1. The van der Waals surface area contributed by atoms with E-state index >= 15 is 0 Å². The zero-order chi connectivity index (χ0) is 15.7. The molecule has 0 unspecified atom stereocenters.